The van der Waals surface area contributed by atoms with E-state index in [9.17, 15) is 4.79 Å². The molecule has 0 fully saturated rings. The topological polar surface area (TPSA) is 72.3 Å². The number of rotatable bonds is 0. The molecule has 19 heavy (non-hydrogen) atoms. The summed E-state index contributed by atoms with van der Waals surface area (Å²) >= 11 is 1.59. The second-order valence-electron chi connectivity index (χ2n) is 5.39. The van der Waals surface area contributed by atoms with Crippen LogP contribution in [0.3, 0.4) is 0 Å². The molecule has 1 aliphatic rings. The van der Waals surface area contributed by atoms with Gasteiger partial charge in [-0.05, 0) is 19.4 Å². The van der Waals surface area contributed by atoms with Crippen LogP contribution in [-0.2, 0) is 17.8 Å². The van der Waals surface area contributed by atoms with Crippen LogP contribution in [0.4, 0.5) is 0 Å². The van der Waals surface area contributed by atoms with Gasteiger partial charge in [0.25, 0.3) is 5.56 Å². The zero-order valence-electron chi connectivity index (χ0n) is 10.6. The molecule has 0 spiro atoms. The van der Waals surface area contributed by atoms with Crippen LogP contribution in [0.1, 0.15) is 24.3 Å². The standard InChI is InChI=1S/C12H12N4O2S/c1-12(2)3-6-7(4-18-12)19-10-8(6)9(17)14-11-15-13-5-16(10)11/h5H,3-4H2,1-2H3,(H,14,15,17). The maximum absolute atomic E-state index is 12.3. The highest BCUT2D eigenvalue weighted by atomic mass is 32.1. The highest BCUT2D eigenvalue weighted by molar-refractivity contribution is 7.18. The fraction of sp³-hybridized carbons (Fsp3) is 0.417. The van der Waals surface area contributed by atoms with Crippen LogP contribution in [0.5, 0.6) is 0 Å². The number of hydrogen-bond acceptors (Lipinski definition) is 5. The van der Waals surface area contributed by atoms with E-state index in [1.165, 1.54) is 0 Å². The van der Waals surface area contributed by atoms with Gasteiger partial charge in [-0.15, -0.1) is 21.5 Å². The van der Waals surface area contributed by atoms with E-state index in [2.05, 4.69) is 15.2 Å². The van der Waals surface area contributed by atoms with Crippen LogP contribution < -0.4 is 5.56 Å². The molecule has 4 rings (SSSR count). The molecule has 6 nitrogen and oxygen atoms in total. The maximum atomic E-state index is 12.3. The predicted octanol–water partition coefficient (Wildman–Crippen LogP) is 1.48. The molecule has 4 heterocycles. The Kier molecular flexibility index (Phi) is 2.01. The van der Waals surface area contributed by atoms with Gasteiger partial charge >= 0.3 is 0 Å². The van der Waals surface area contributed by atoms with Crippen molar-refractivity contribution in [2.45, 2.75) is 32.5 Å². The number of ether oxygens (including phenoxy) is 1. The van der Waals surface area contributed by atoms with Crippen molar-refractivity contribution in [2.75, 3.05) is 0 Å². The van der Waals surface area contributed by atoms with E-state index >= 15 is 0 Å². The SMILES string of the molecule is CC1(C)Cc2c(sc3c2c(=O)[nH]c2nncn23)CO1. The average Bonchev–Trinajstić information content (AvgIpc) is 2.91. The summed E-state index contributed by atoms with van der Waals surface area (Å²) in [4.78, 5) is 17.1. The van der Waals surface area contributed by atoms with Crippen molar-refractivity contribution in [3.8, 4) is 0 Å². The fourth-order valence-electron chi connectivity index (χ4n) is 2.58. The molecule has 3 aromatic rings. The minimum absolute atomic E-state index is 0.0919. The van der Waals surface area contributed by atoms with Crippen molar-refractivity contribution >= 4 is 27.3 Å². The second-order valence-corrected chi connectivity index (χ2v) is 6.47. The second kappa shape index (κ2) is 3.43. The lowest BCUT2D eigenvalue weighted by Gasteiger charge is -2.29. The Balaban J connectivity index is 2.15. The van der Waals surface area contributed by atoms with Gasteiger partial charge in [-0.3, -0.25) is 14.2 Å². The molecular weight excluding hydrogens is 264 g/mol. The van der Waals surface area contributed by atoms with Gasteiger partial charge in [0.2, 0.25) is 5.78 Å². The highest BCUT2D eigenvalue weighted by Gasteiger charge is 2.30. The van der Waals surface area contributed by atoms with E-state index in [1.54, 1.807) is 17.7 Å². The lowest BCUT2D eigenvalue weighted by molar-refractivity contribution is -0.0379. The summed E-state index contributed by atoms with van der Waals surface area (Å²) in [6, 6.07) is 0. The lowest BCUT2D eigenvalue weighted by Crippen LogP contribution is -2.31. The number of H-pyrrole nitrogens is 1. The monoisotopic (exact) mass is 276 g/mol. The summed E-state index contributed by atoms with van der Waals surface area (Å²) in [6.45, 7) is 4.65. The molecule has 0 saturated carbocycles. The van der Waals surface area contributed by atoms with Crippen LogP contribution in [0.2, 0.25) is 0 Å². The van der Waals surface area contributed by atoms with Crippen LogP contribution in [0.15, 0.2) is 11.1 Å². The van der Waals surface area contributed by atoms with Crippen LogP contribution in [0, 0.1) is 0 Å². The Morgan fingerprint density at radius 3 is 3.21 bits per heavy atom. The van der Waals surface area contributed by atoms with Gasteiger partial charge in [0, 0.05) is 11.3 Å². The molecule has 7 heteroatoms. The van der Waals surface area contributed by atoms with Crippen LogP contribution >= 0.6 is 11.3 Å². The zero-order chi connectivity index (χ0) is 13.2. The molecule has 1 N–H and O–H groups in total. The number of aromatic amines is 1. The number of nitrogens with zero attached hydrogens (tertiary/aromatic N) is 3. The molecule has 0 aromatic carbocycles. The molecule has 0 aliphatic carbocycles. The van der Waals surface area contributed by atoms with E-state index in [-0.39, 0.29) is 11.2 Å². The number of aromatic nitrogens is 4. The molecule has 1 aliphatic heterocycles. The quantitative estimate of drug-likeness (QED) is 0.675. The van der Waals surface area contributed by atoms with Crippen molar-refractivity contribution in [1.29, 1.82) is 0 Å². The average molecular weight is 276 g/mol. The Morgan fingerprint density at radius 1 is 1.53 bits per heavy atom. The van der Waals surface area contributed by atoms with E-state index in [0.717, 1.165) is 27.1 Å². The number of thiophene rings is 1. The summed E-state index contributed by atoms with van der Waals surface area (Å²) in [6.07, 6.45) is 2.38. The minimum Gasteiger partial charge on any atom is -0.370 e. The Hall–Kier alpha value is -1.73. The molecule has 0 unspecified atom stereocenters. The van der Waals surface area contributed by atoms with Crippen molar-refractivity contribution in [1.82, 2.24) is 19.6 Å². The first-order valence-electron chi connectivity index (χ1n) is 6.05. The van der Waals surface area contributed by atoms with Crippen LogP contribution in [-0.4, -0.2) is 25.2 Å². The van der Waals surface area contributed by atoms with Gasteiger partial charge in [-0.25, -0.2) is 0 Å². The Labute approximate surface area is 112 Å². The first kappa shape index (κ1) is 11.1. The van der Waals surface area contributed by atoms with Crippen molar-refractivity contribution in [2.24, 2.45) is 0 Å². The van der Waals surface area contributed by atoms with Crippen LogP contribution in [0.25, 0.3) is 16.0 Å². The summed E-state index contributed by atoms with van der Waals surface area (Å²) < 4.78 is 7.64. The Bertz CT molecular complexity index is 858. The third-order valence-electron chi connectivity index (χ3n) is 3.49. The van der Waals surface area contributed by atoms with Crippen molar-refractivity contribution in [3.63, 3.8) is 0 Å². The summed E-state index contributed by atoms with van der Waals surface area (Å²) in [5.41, 5.74) is 0.786. The zero-order valence-corrected chi connectivity index (χ0v) is 11.4. The predicted molar refractivity (Wildman–Crippen MR) is 71.6 cm³/mol. The first-order chi connectivity index (χ1) is 9.05. The molecule has 0 saturated heterocycles. The van der Waals surface area contributed by atoms with E-state index < -0.39 is 0 Å². The molecule has 0 amide bonds. The largest absolute Gasteiger partial charge is 0.370 e. The van der Waals surface area contributed by atoms with Gasteiger partial charge in [0.1, 0.15) is 11.2 Å². The van der Waals surface area contributed by atoms with Gasteiger partial charge in [-0.2, -0.15) is 0 Å². The first-order valence-corrected chi connectivity index (χ1v) is 6.87. The van der Waals surface area contributed by atoms with E-state index in [1.807, 2.05) is 18.2 Å². The normalized spacial score (nSPS) is 18.0. The summed E-state index contributed by atoms with van der Waals surface area (Å²) in [5, 5.41) is 8.50. The van der Waals surface area contributed by atoms with Gasteiger partial charge in [0.15, 0.2) is 0 Å². The van der Waals surface area contributed by atoms with Gasteiger partial charge in [-0.1, -0.05) is 0 Å². The molecule has 3 aromatic heterocycles. The smallest absolute Gasteiger partial charge is 0.261 e. The minimum atomic E-state index is -0.227. The van der Waals surface area contributed by atoms with E-state index in [0.29, 0.717) is 12.4 Å². The van der Waals surface area contributed by atoms with Gasteiger partial charge in [0.05, 0.1) is 17.6 Å². The third kappa shape index (κ3) is 1.48. The summed E-state index contributed by atoms with van der Waals surface area (Å²) in [7, 11) is 0. The van der Waals surface area contributed by atoms with Crippen molar-refractivity contribution in [3.05, 3.63) is 27.1 Å². The lowest BCUT2D eigenvalue weighted by atomic mass is 9.94. The molecular formula is C12H12N4O2S. The summed E-state index contributed by atoms with van der Waals surface area (Å²) in [5.74, 6) is 0.483. The van der Waals surface area contributed by atoms with Gasteiger partial charge < -0.3 is 4.74 Å². The van der Waals surface area contributed by atoms with E-state index in [4.69, 9.17) is 4.74 Å². The maximum Gasteiger partial charge on any atom is 0.261 e. The highest BCUT2D eigenvalue weighted by Crippen LogP contribution is 2.37. The van der Waals surface area contributed by atoms with Crippen molar-refractivity contribution < 1.29 is 4.74 Å². The Morgan fingerprint density at radius 2 is 2.37 bits per heavy atom. The number of fused-ring (bicyclic) bond motifs is 5. The number of hydrogen-bond donors (Lipinski definition) is 1. The third-order valence-corrected chi connectivity index (χ3v) is 4.69. The molecule has 0 atom stereocenters. The molecule has 0 radical (unpaired) electrons. The molecule has 98 valence electrons. The number of nitrogens with one attached hydrogen (secondary N) is 1. The fourth-order valence-corrected chi connectivity index (χ4v) is 3.77. The molecule has 0 bridgehead atoms.